The first kappa shape index (κ1) is 13.7. The van der Waals surface area contributed by atoms with Gasteiger partial charge < -0.3 is 5.73 Å². The molecule has 1 aliphatic carbocycles. The summed E-state index contributed by atoms with van der Waals surface area (Å²) < 4.78 is 0. The molecule has 0 aliphatic heterocycles. The molecule has 92 valence electrons. The molecule has 0 aromatic heterocycles. The number of hydrogen-bond donors (Lipinski definition) is 1. The maximum Gasteiger partial charge on any atom is 0.0680 e. The van der Waals surface area contributed by atoms with Crippen molar-refractivity contribution in [2.45, 2.75) is 56.8 Å². The van der Waals surface area contributed by atoms with E-state index < -0.39 is 8.07 Å². The number of rotatable bonds is 3. The molecule has 0 atom stereocenters. The minimum atomic E-state index is -1.43. The van der Waals surface area contributed by atoms with Crippen LogP contribution < -0.4 is 5.73 Å². The van der Waals surface area contributed by atoms with Gasteiger partial charge >= 0.3 is 0 Å². The maximum atomic E-state index is 5.84. The van der Waals surface area contributed by atoms with Crippen LogP contribution in [-0.2, 0) is 0 Å². The highest BCUT2D eigenvalue weighted by atomic mass is 28.3. The lowest BCUT2D eigenvalue weighted by Crippen LogP contribution is -2.49. The van der Waals surface area contributed by atoms with Gasteiger partial charge in [0.05, 0.1) is 8.07 Å². The Kier molecular flexibility index (Phi) is 3.86. The normalized spacial score (nSPS) is 20.1. The first-order chi connectivity index (χ1) is 7.27. The molecule has 1 nitrogen and oxygen atoms in total. The van der Waals surface area contributed by atoms with Gasteiger partial charge in [-0.3, -0.25) is 0 Å². The Morgan fingerprint density at radius 3 is 2.06 bits per heavy atom. The van der Waals surface area contributed by atoms with Gasteiger partial charge in [0.15, 0.2) is 0 Å². The van der Waals surface area contributed by atoms with Crippen LogP contribution in [0.2, 0.25) is 23.2 Å². The van der Waals surface area contributed by atoms with Crippen LogP contribution in [-0.4, -0.2) is 14.6 Å². The van der Waals surface area contributed by atoms with Gasteiger partial charge in [-0.05, 0) is 24.4 Å². The van der Waals surface area contributed by atoms with Crippen molar-refractivity contribution in [3.63, 3.8) is 0 Å². The molecule has 0 radical (unpaired) electrons. The predicted octanol–water partition coefficient (Wildman–Crippen LogP) is 4.10. The van der Waals surface area contributed by atoms with Crippen LogP contribution in [0.4, 0.5) is 0 Å². The van der Waals surface area contributed by atoms with Gasteiger partial charge in [-0.1, -0.05) is 58.2 Å². The first-order valence-electron chi connectivity index (χ1n) is 6.32. The van der Waals surface area contributed by atoms with E-state index in [1.165, 1.54) is 0 Å². The summed E-state index contributed by atoms with van der Waals surface area (Å²) in [5.41, 5.74) is 5.84. The van der Waals surface area contributed by atoms with Crippen molar-refractivity contribution >= 4 is 8.07 Å². The molecule has 0 saturated heterocycles. The molecule has 0 unspecified atom stereocenters. The Labute approximate surface area is 102 Å². The lowest BCUT2D eigenvalue weighted by Gasteiger charge is -2.50. The molecular weight excluding hydrogens is 210 g/mol. The Bertz CT molecular complexity index is 282. The summed E-state index contributed by atoms with van der Waals surface area (Å²) in [4.78, 5) is 0. The van der Waals surface area contributed by atoms with E-state index in [2.05, 4.69) is 58.2 Å². The third-order valence-electron chi connectivity index (χ3n) is 4.70. The van der Waals surface area contributed by atoms with Gasteiger partial charge in [-0.15, -0.1) is 0 Å². The van der Waals surface area contributed by atoms with Gasteiger partial charge in [0.25, 0.3) is 0 Å². The van der Waals surface area contributed by atoms with Crippen molar-refractivity contribution in [3.05, 3.63) is 24.3 Å². The number of hydrogen-bond acceptors (Lipinski definition) is 1. The fourth-order valence-corrected chi connectivity index (χ4v) is 5.76. The van der Waals surface area contributed by atoms with Crippen LogP contribution >= 0.6 is 0 Å². The average molecular weight is 237 g/mol. The third-order valence-corrected chi connectivity index (χ3v) is 11.4. The Hall–Kier alpha value is -0.343. The van der Waals surface area contributed by atoms with E-state index >= 15 is 0 Å². The number of allylic oxidation sites excluding steroid dienone is 4. The molecule has 0 amide bonds. The predicted molar refractivity (Wildman–Crippen MR) is 76.5 cm³/mol. The van der Waals surface area contributed by atoms with Gasteiger partial charge in [0, 0.05) is 5.04 Å². The highest BCUT2D eigenvalue weighted by molar-refractivity contribution is 6.84. The minimum absolute atomic E-state index is 0.262. The highest BCUT2D eigenvalue weighted by Crippen LogP contribution is 2.56. The summed E-state index contributed by atoms with van der Waals surface area (Å²) in [5.74, 6) is 0. The molecule has 0 heterocycles. The molecule has 2 heteroatoms. The molecule has 0 aromatic rings. The Morgan fingerprint density at radius 2 is 1.69 bits per heavy atom. The highest BCUT2D eigenvalue weighted by Gasteiger charge is 2.49. The molecule has 0 fully saturated rings. The SMILES string of the molecule is CC(C)(C)[Si](C)(C)C1(CCN)C=CCC=C1. The largest absolute Gasteiger partial charge is 0.330 e. The summed E-state index contributed by atoms with van der Waals surface area (Å²) >= 11 is 0. The maximum absolute atomic E-state index is 5.84. The Morgan fingerprint density at radius 1 is 1.19 bits per heavy atom. The van der Waals surface area contributed by atoms with Gasteiger partial charge in [0.1, 0.15) is 0 Å². The van der Waals surface area contributed by atoms with E-state index in [0.29, 0.717) is 5.04 Å². The Balaban J connectivity index is 3.16. The van der Waals surface area contributed by atoms with Crippen molar-refractivity contribution in [2.24, 2.45) is 5.73 Å². The second kappa shape index (κ2) is 4.50. The zero-order valence-electron chi connectivity index (χ0n) is 11.5. The summed E-state index contributed by atoms with van der Waals surface area (Å²) in [6, 6.07) is 0. The lowest BCUT2D eigenvalue weighted by molar-refractivity contribution is 0.625. The second-order valence-corrected chi connectivity index (χ2v) is 12.2. The van der Waals surface area contributed by atoms with Gasteiger partial charge in [-0.2, -0.15) is 0 Å². The van der Waals surface area contributed by atoms with Crippen molar-refractivity contribution < 1.29 is 0 Å². The van der Waals surface area contributed by atoms with Crippen molar-refractivity contribution in [1.82, 2.24) is 0 Å². The molecule has 0 bridgehead atoms. The molecule has 0 spiro atoms. The molecule has 2 N–H and O–H groups in total. The van der Waals surface area contributed by atoms with E-state index in [-0.39, 0.29) is 5.04 Å². The monoisotopic (exact) mass is 237 g/mol. The summed E-state index contributed by atoms with van der Waals surface area (Å²) in [7, 11) is -1.43. The minimum Gasteiger partial charge on any atom is -0.330 e. The second-order valence-electron chi connectivity index (χ2n) is 6.49. The first-order valence-corrected chi connectivity index (χ1v) is 9.32. The zero-order valence-corrected chi connectivity index (χ0v) is 12.5. The number of nitrogens with two attached hydrogens (primary N) is 1. The quantitative estimate of drug-likeness (QED) is 0.580. The smallest absolute Gasteiger partial charge is 0.0680 e. The lowest BCUT2D eigenvalue weighted by atomic mass is 9.98. The fourth-order valence-electron chi connectivity index (χ4n) is 2.52. The van der Waals surface area contributed by atoms with Crippen LogP contribution in [0.3, 0.4) is 0 Å². The molecule has 1 rings (SSSR count). The van der Waals surface area contributed by atoms with E-state index in [1.807, 2.05) is 0 Å². The van der Waals surface area contributed by atoms with Crippen molar-refractivity contribution in [2.75, 3.05) is 6.54 Å². The van der Waals surface area contributed by atoms with Crippen LogP contribution in [0.5, 0.6) is 0 Å². The molecule has 0 aromatic carbocycles. The molecule has 1 aliphatic rings. The van der Waals surface area contributed by atoms with Gasteiger partial charge in [0.2, 0.25) is 0 Å². The third kappa shape index (κ3) is 2.18. The topological polar surface area (TPSA) is 26.0 Å². The standard InChI is InChI=1S/C14H27NSi/c1-13(2,3)16(4,5)14(11-12-15)9-7-6-8-10-14/h7-10H,6,11-12,15H2,1-5H3. The van der Waals surface area contributed by atoms with E-state index in [1.54, 1.807) is 0 Å². The summed E-state index contributed by atoms with van der Waals surface area (Å²) in [6.07, 6.45) is 11.7. The van der Waals surface area contributed by atoms with Crippen molar-refractivity contribution in [1.29, 1.82) is 0 Å². The molecular formula is C14H27NSi. The van der Waals surface area contributed by atoms with Crippen LogP contribution in [0, 0.1) is 0 Å². The molecule has 0 saturated carbocycles. The van der Waals surface area contributed by atoms with Crippen LogP contribution in [0.1, 0.15) is 33.6 Å². The van der Waals surface area contributed by atoms with Gasteiger partial charge in [-0.25, -0.2) is 0 Å². The van der Waals surface area contributed by atoms with E-state index in [4.69, 9.17) is 5.73 Å². The zero-order chi connectivity index (χ0) is 12.4. The van der Waals surface area contributed by atoms with Crippen LogP contribution in [0.25, 0.3) is 0 Å². The van der Waals surface area contributed by atoms with Crippen LogP contribution in [0.15, 0.2) is 24.3 Å². The van der Waals surface area contributed by atoms with Crippen molar-refractivity contribution in [3.8, 4) is 0 Å². The summed E-state index contributed by atoms with van der Waals surface area (Å²) in [6.45, 7) is 12.9. The fraction of sp³-hybridized carbons (Fsp3) is 0.714. The average Bonchev–Trinajstić information content (AvgIpc) is 2.17. The van der Waals surface area contributed by atoms with E-state index in [0.717, 1.165) is 19.4 Å². The molecule has 16 heavy (non-hydrogen) atoms. The summed E-state index contributed by atoms with van der Waals surface area (Å²) in [5, 5.41) is 0.659. The van der Waals surface area contributed by atoms with E-state index in [9.17, 15) is 0 Å².